The van der Waals surface area contributed by atoms with E-state index in [-0.39, 0.29) is 0 Å². The molecule has 3 nitrogen and oxygen atoms in total. The summed E-state index contributed by atoms with van der Waals surface area (Å²) in [5.74, 6) is 1.86. The Morgan fingerprint density at radius 3 is 2.39 bits per heavy atom. The fourth-order valence-electron chi connectivity index (χ4n) is 3.89. The summed E-state index contributed by atoms with van der Waals surface area (Å²) in [6.45, 7) is 1.67. The van der Waals surface area contributed by atoms with E-state index in [1.807, 2.05) is 18.2 Å². The van der Waals surface area contributed by atoms with E-state index in [2.05, 4.69) is 66.5 Å². The average molecular weight is 373 g/mol. The largest absolute Gasteiger partial charge is 0.497 e. The molecule has 0 aromatic heterocycles. The molecule has 0 bridgehead atoms. The van der Waals surface area contributed by atoms with Gasteiger partial charge in [0.15, 0.2) is 0 Å². The molecule has 0 spiro atoms. The lowest BCUT2D eigenvalue weighted by molar-refractivity contribution is 0.229. The number of benzene rings is 3. The van der Waals surface area contributed by atoms with Crippen molar-refractivity contribution in [3.05, 3.63) is 95.1 Å². The predicted molar refractivity (Wildman–Crippen MR) is 113 cm³/mol. The van der Waals surface area contributed by atoms with Crippen LogP contribution in [0.15, 0.2) is 72.8 Å². The fourth-order valence-corrected chi connectivity index (χ4v) is 3.89. The Bertz CT molecular complexity index is 906. The van der Waals surface area contributed by atoms with Crippen molar-refractivity contribution in [2.75, 3.05) is 20.7 Å². The molecule has 0 aliphatic carbocycles. The maximum absolute atomic E-state index is 5.92. The summed E-state index contributed by atoms with van der Waals surface area (Å²) in [6, 6.07) is 25.7. The van der Waals surface area contributed by atoms with Gasteiger partial charge < -0.3 is 9.47 Å². The normalized spacial score (nSPS) is 16.4. The van der Waals surface area contributed by atoms with Crippen molar-refractivity contribution in [1.29, 1.82) is 0 Å². The van der Waals surface area contributed by atoms with Gasteiger partial charge in [-0.1, -0.05) is 48.5 Å². The van der Waals surface area contributed by atoms with E-state index in [9.17, 15) is 0 Å². The van der Waals surface area contributed by atoms with Gasteiger partial charge in [0.05, 0.1) is 7.11 Å². The van der Waals surface area contributed by atoms with Gasteiger partial charge in [0.25, 0.3) is 0 Å². The van der Waals surface area contributed by atoms with Gasteiger partial charge >= 0.3 is 0 Å². The number of hydrogen-bond donors (Lipinski definition) is 0. The molecule has 1 heterocycles. The molecule has 28 heavy (non-hydrogen) atoms. The average Bonchev–Trinajstić information content (AvgIpc) is 2.75. The molecule has 0 saturated carbocycles. The third kappa shape index (κ3) is 4.20. The summed E-state index contributed by atoms with van der Waals surface area (Å²) in [6.07, 6.45) is 2.07. The molecule has 4 rings (SSSR count). The standard InChI is InChI=1S/C25H27NO2/c1-26-15-14-21-17-23(27-2)12-13-24(21)25(26)16-19-8-10-22(11-9-19)28-18-20-6-4-3-5-7-20/h3-13,17,25H,14-16,18H2,1-2H3. The highest BCUT2D eigenvalue weighted by Crippen LogP contribution is 2.33. The molecular weight excluding hydrogens is 346 g/mol. The summed E-state index contributed by atoms with van der Waals surface area (Å²) < 4.78 is 11.3. The Hall–Kier alpha value is -2.78. The Morgan fingerprint density at radius 1 is 0.893 bits per heavy atom. The van der Waals surface area contributed by atoms with E-state index in [0.29, 0.717) is 12.6 Å². The quantitative estimate of drug-likeness (QED) is 0.604. The van der Waals surface area contributed by atoms with Crippen LogP contribution in [0.1, 0.15) is 28.3 Å². The van der Waals surface area contributed by atoms with E-state index in [4.69, 9.17) is 9.47 Å². The second-order valence-corrected chi connectivity index (χ2v) is 7.43. The maximum atomic E-state index is 5.92. The van der Waals surface area contributed by atoms with Gasteiger partial charge in [-0.05, 0) is 66.4 Å². The number of likely N-dealkylation sites (N-methyl/N-ethyl adjacent to an activating group) is 1. The van der Waals surface area contributed by atoms with Crippen molar-refractivity contribution >= 4 is 0 Å². The van der Waals surface area contributed by atoms with E-state index < -0.39 is 0 Å². The molecule has 0 radical (unpaired) electrons. The molecule has 0 saturated heterocycles. The minimum Gasteiger partial charge on any atom is -0.497 e. The zero-order valence-corrected chi connectivity index (χ0v) is 16.6. The highest BCUT2D eigenvalue weighted by atomic mass is 16.5. The van der Waals surface area contributed by atoms with Crippen molar-refractivity contribution in [1.82, 2.24) is 4.90 Å². The molecule has 3 heteroatoms. The maximum Gasteiger partial charge on any atom is 0.119 e. The fraction of sp³-hybridized carbons (Fsp3) is 0.280. The summed E-state index contributed by atoms with van der Waals surface area (Å²) >= 11 is 0. The van der Waals surface area contributed by atoms with Crippen molar-refractivity contribution < 1.29 is 9.47 Å². The summed E-state index contributed by atoms with van der Waals surface area (Å²) in [7, 11) is 3.95. The SMILES string of the molecule is COc1ccc2c(c1)CCN(C)C2Cc1ccc(OCc2ccccc2)cc1. The van der Waals surface area contributed by atoms with Crippen LogP contribution in [0, 0.1) is 0 Å². The lowest BCUT2D eigenvalue weighted by Crippen LogP contribution is -2.33. The lowest BCUT2D eigenvalue weighted by atomic mass is 9.89. The third-order valence-corrected chi connectivity index (χ3v) is 5.58. The van der Waals surface area contributed by atoms with Crippen LogP contribution in [0.4, 0.5) is 0 Å². The smallest absolute Gasteiger partial charge is 0.119 e. The van der Waals surface area contributed by atoms with Gasteiger partial charge in [-0.25, -0.2) is 0 Å². The van der Waals surface area contributed by atoms with Crippen molar-refractivity contribution in [2.24, 2.45) is 0 Å². The molecule has 3 aromatic carbocycles. The van der Waals surface area contributed by atoms with E-state index in [0.717, 1.165) is 30.9 Å². The molecule has 1 unspecified atom stereocenters. The summed E-state index contributed by atoms with van der Waals surface area (Å²) in [5.41, 5.74) is 5.33. The summed E-state index contributed by atoms with van der Waals surface area (Å²) in [5, 5.41) is 0. The monoisotopic (exact) mass is 373 g/mol. The van der Waals surface area contributed by atoms with Crippen molar-refractivity contribution in [3.63, 3.8) is 0 Å². The summed E-state index contributed by atoms with van der Waals surface area (Å²) in [4.78, 5) is 2.45. The third-order valence-electron chi connectivity index (χ3n) is 5.58. The number of ether oxygens (including phenoxy) is 2. The van der Waals surface area contributed by atoms with Gasteiger partial charge in [0, 0.05) is 12.6 Å². The zero-order valence-electron chi connectivity index (χ0n) is 16.6. The number of nitrogens with zero attached hydrogens (tertiary/aromatic N) is 1. The topological polar surface area (TPSA) is 21.7 Å². The van der Waals surface area contributed by atoms with Crippen LogP contribution in [0.3, 0.4) is 0 Å². The van der Waals surface area contributed by atoms with E-state index in [1.165, 1.54) is 22.3 Å². The molecule has 0 amide bonds. The van der Waals surface area contributed by atoms with E-state index in [1.54, 1.807) is 7.11 Å². The Morgan fingerprint density at radius 2 is 1.64 bits per heavy atom. The minimum absolute atomic E-state index is 0.394. The Balaban J connectivity index is 1.44. The molecule has 3 aromatic rings. The minimum atomic E-state index is 0.394. The first-order valence-corrected chi connectivity index (χ1v) is 9.85. The van der Waals surface area contributed by atoms with Gasteiger partial charge in [-0.3, -0.25) is 4.90 Å². The van der Waals surface area contributed by atoms with Gasteiger partial charge in [0.2, 0.25) is 0 Å². The Labute approximate surface area is 167 Å². The van der Waals surface area contributed by atoms with Crippen LogP contribution in [-0.2, 0) is 19.4 Å². The molecule has 1 atom stereocenters. The van der Waals surface area contributed by atoms with Crippen LogP contribution < -0.4 is 9.47 Å². The van der Waals surface area contributed by atoms with Crippen LogP contribution >= 0.6 is 0 Å². The Kier molecular flexibility index (Phi) is 5.63. The number of methoxy groups -OCH3 is 1. The van der Waals surface area contributed by atoms with Gasteiger partial charge in [-0.15, -0.1) is 0 Å². The molecule has 0 N–H and O–H groups in total. The number of fused-ring (bicyclic) bond motifs is 1. The van der Waals surface area contributed by atoms with Crippen molar-refractivity contribution in [2.45, 2.75) is 25.5 Å². The van der Waals surface area contributed by atoms with Gasteiger partial charge in [0.1, 0.15) is 18.1 Å². The molecule has 1 aliphatic heterocycles. The second kappa shape index (κ2) is 8.49. The first-order chi connectivity index (χ1) is 13.7. The second-order valence-electron chi connectivity index (χ2n) is 7.43. The number of rotatable bonds is 6. The first kappa shape index (κ1) is 18.6. The first-order valence-electron chi connectivity index (χ1n) is 9.85. The molecule has 144 valence electrons. The molecular formula is C25H27NO2. The highest BCUT2D eigenvalue weighted by molar-refractivity contribution is 5.40. The number of hydrogen-bond acceptors (Lipinski definition) is 3. The molecule has 0 fully saturated rings. The predicted octanol–water partition coefficient (Wildman–Crippen LogP) is 5.05. The van der Waals surface area contributed by atoms with E-state index >= 15 is 0 Å². The van der Waals surface area contributed by atoms with Gasteiger partial charge in [-0.2, -0.15) is 0 Å². The van der Waals surface area contributed by atoms with Crippen LogP contribution in [-0.4, -0.2) is 25.6 Å². The van der Waals surface area contributed by atoms with Crippen LogP contribution in [0.25, 0.3) is 0 Å². The zero-order chi connectivity index (χ0) is 19.3. The van der Waals surface area contributed by atoms with Crippen molar-refractivity contribution in [3.8, 4) is 11.5 Å². The highest BCUT2D eigenvalue weighted by Gasteiger charge is 2.25. The van der Waals surface area contributed by atoms with Crippen LogP contribution in [0.2, 0.25) is 0 Å². The molecule has 1 aliphatic rings. The van der Waals surface area contributed by atoms with Crippen LogP contribution in [0.5, 0.6) is 11.5 Å². The lowest BCUT2D eigenvalue weighted by Gasteiger charge is -2.35.